The minimum Gasteiger partial charge on any atom is -0.369 e. The number of benzene rings is 2. The maximum Gasteiger partial charge on any atom is 0.239 e. The molecule has 256 valence electrons. The third-order valence-electron chi connectivity index (χ3n) is 7.21. The van der Waals surface area contributed by atoms with Gasteiger partial charge in [-0.25, -0.2) is 15.5 Å². The van der Waals surface area contributed by atoms with Gasteiger partial charge in [-0.2, -0.15) is 0 Å². The van der Waals surface area contributed by atoms with Crippen LogP contribution in [0.15, 0.2) is 53.6 Å². The van der Waals surface area contributed by atoms with E-state index in [-0.39, 0.29) is 31.4 Å². The molecule has 2 aromatic carbocycles. The predicted octanol–water partition coefficient (Wildman–Crippen LogP) is 1.06. The van der Waals surface area contributed by atoms with Crippen LogP contribution < -0.4 is 32.7 Å². The number of amides is 3. The van der Waals surface area contributed by atoms with Crippen LogP contribution in [0.25, 0.3) is 21.9 Å². The van der Waals surface area contributed by atoms with Gasteiger partial charge in [0.25, 0.3) is 0 Å². The Morgan fingerprint density at radius 1 is 0.917 bits per heavy atom. The lowest BCUT2D eigenvalue weighted by molar-refractivity contribution is -0.127. The van der Waals surface area contributed by atoms with Crippen molar-refractivity contribution in [2.45, 2.75) is 19.3 Å². The number of carbonyl (C=O) groups excluding carboxylic acids is 3. The number of amidine groups is 1. The van der Waals surface area contributed by atoms with Gasteiger partial charge in [-0.1, -0.05) is 42.5 Å². The van der Waals surface area contributed by atoms with Crippen LogP contribution >= 0.6 is 0 Å². The van der Waals surface area contributed by atoms with E-state index in [1.807, 2.05) is 43.4 Å². The molecule has 0 aliphatic rings. The number of rotatable bonds is 17. The molecular formula is C32H45N13O3. The average molecular weight is 660 g/mol. The Balaban J connectivity index is 0.00000307. The molecule has 0 aliphatic carbocycles. The topological polar surface area (TPSA) is 256 Å². The van der Waals surface area contributed by atoms with Crippen molar-refractivity contribution in [2.24, 2.45) is 16.6 Å². The molecule has 0 fully saturated rings. The number of hydrogen-bond acceptors (Lipinski definition) is 11. The molecule has 0 saturated carbocycles. The second-order valence-electron chi connectivity index (χ2n) is 10.8. The van der Waals surface area contributed by atoms with Gasteiger partial charge >= 0.3 is 0 Å². The van der Waals surface area contributed by atoms with Gasteiger partial charge in [-0.15, -0.1) is 5.11 Å². The second kappa shape index (κ2) is 19.4. The second-order valence-corrected chi connectivity index (χ2v) is 10.8. The van der Waals surface area contributed by atoms with Gasteiger partial charge in [0.15, 0.2) is 5.84 Å². The van der Waals surface area contributed by atoms with E-state index in [1.54, 1.807) is 12.1 Å². The van der Waals surface area contributed by atoms with Crippen LogP contribution in [-0.2, 0) is 20.8 Å². The summed E-state index contributed by atoms with van der Waals surface area (Å²) in [6.07, 6.45) is 2.17. The van der Waals surface area contributed by atoms with Gasteiger partial charge in [0.1, 0.15) is 17.3 Å². The smallest absolute Gasteiger partial charge is 0.239 e. The summed E-state index contributed by atoms with van der Waals surface area (Å²) < 4.78 is 0. The van der Waals surface area contributed by atoms with Crippen molar-refractivity contribution in [2.75, 3.05) is 65.2 Å². The molecule has 4 rings (SSSR count). The van der Waals surface area contributed by atoms with Crippen LogP contribution in [-0.4, -0.2) is 103 Å². The van der Waals surface area contributed by atoms with Crippen molar-refractivity contribution < 1.29 is 14.4 Å². The molecule has 0 spiro atoms. The quantitative estimate of drug-likeness (QED) is 0.0339. The van der Waals surface area contributed by atoms with Crippen LogP contribution in [0.3, 0.4) is 0 Å². The van der Waals surface area contributed by atoms with Crippen molar-refractivity contribution in [1.82, 2.24) is 35.8 Å². The highest BCUT2D eigenvalue weighted by Gasteiger charge is 2.16. The van der Waals surface area contributed by atoms with Crippen molar-refractivity contribution in [1.29, 1.82) is 10.9 Å². The molecule has 16 heteroatoms. The molecular weight excluding hydrogens is 614 g/mol. The van der Waals surface area contributed by atoms with E-state index in [1.165, 1.54) is 7.05 Å². The number of hydrogen-bond donors (Lipinski definition) is 9. The van der Waals surface area contributed by atoms with Crippen LogP contribution in [0.2, 0.25) is 0 Å². The Hall–Kier alpha value is -5.32. The molecule has 2 heterocycles. The van der Waals surface area contributed by atoms with E-state index in [4.69, 9.17) is 26.6 Å². The average Bonchev–Trinajstić information content (AvgIpc) is 3.48. The lowest BCUT2D eigenvalue weighted by Crippen LogP contribution is -2.43. The molecule has 4 aromatic rings. The minimum atomic E-state index is -0.461. The number of carbonyl (C=O) groups is 3. The molecule has 2 aromatic heterocycles. The first-order valence-corrected chi connectivity index (χ1v) is 15.6. The first-order chi connectivity index (χ1) is 23.3. The number of anilines is 1. The fourth-order valence-corrected chi connectivity index (χ4v) is 4.84. The molecule has 48 heavy (non-hydrogen) atoms. The SMILES string of the molecule is CN.CN(CCCNC(=O)CNC(=O)CNC(=O)CN)CCCNc1nc(Cc2ccccc2)nc2[nH]c3cc(C(=N)N=N)ccc3c12. The fourth-order valence-electron chi connectivity index (χ4n) is 4.84. The summed E-state index contributed by atoms with van der Waals surface area (Å²) in [5.74, 6) is 0.0955. The number of fused-ring (bicyclic) bond motifs is 3. The summed E-state index contributed by atoms with van der Waals surface area (Å²) in [5, 5.41) is 24.0. The zero-order chi connectivity index (χ0) is 34.9. The monoisotopic (exact) mass is 659 g/mol. The number of nitrogens with two attached hydrogens (primary N) is 2. The van der Waals surface area contributed by atoms with Gasteiger partial charge in [0.2, 0.25) is 17.7 Å². The first kappa shape index (κ1) is 37.1. The standard InChI is InChI=1S/C31H40N12O3.CH5N/c1-43(13-5-11-35-26(45)18-38-27(46)19-37-25(44)17-32)14-6-12-36-30-28-22-10-9-21(29(33)42-34)16-23(22)39-31(28)41-24(40-30)15-20-7-3-2-4-8-20;1-2/h2-4,7-10,16,33-34H,5-6,11-15,17-19,32H2,1H3,(H,35,45)(H,37,44)(H,38,46)(H2,36,39,40,41);2H2,1H3. The van der Waals surface area contributed by atoms with E-state index >= 15 is 0 Å². The molecule has 0 atom stereocenters. The zero-order valence-electron chi connectivity index (χ0n) is 27.4. The molecule has 0 radical (unpaired) electrons. The van der Waals surface area contributed by atoms with E-state index < -0.39 is 11.8 Å². The Kier molecular flexibility index (Phi) is 15.0. The van der Waals surface area contributed by atoms with E-state index in [2.05, 4.69) is 42.0 Å². The van der Waals surface area contributed by atoms with Crippen LogP contribution in [0.4, 0.5) is 5.82 Å². The summed E-state index contributed by atoms with van der Waals surface area (Å²) in [4.78, 5) is 50.0. The third-order valence-corrected chi connectivity index (χ3v) is 7.21. The first-order valence-electron chi connectivity index (χ1n) is 15.6. The molecule has 11 N–H and O–H groups in total. The molecule has 3 amide bonds. The van der Waals surface area contributed by atoms with Gasteiger partial charge in [-0.05, 0) is 51.7 Å². The Bertz CT molecular complexity index is 1690. The van der Waals surface area contributed by atoms with Crippen molar-refractivity contribution >= 4 is 51.3 Å². The Labute approximate surface area is 278 Å². The number of aromatic amines is 1. The summed E-state index contributed by atoms with van der Waals surface area (Å²) in [5.41, 5.74) is 20.0. The number of aromatic nitrogens is 3. The molecule has 0 unspecified atom stereocenters. The highest BCUT2D eigenvalue weighted by atomic mass is 16.2. The number of nitrogens with zero attached hydrogens (tertiary/aromatic N) is 4. The highest BCUT2D eigenvalue weighted by Crippen LogP contribution is 2.31. The molecule has 0 saturated heterocycles. The van der Waals surface area contributed by atoms with Gasteiger partial charge in [-0.3, -0.25) is 19.8 Å². The minimum absolute atomic E-state index is 0.114. The maximum absolute atomic E-state index is 12.0. The summed E-state index contributed by atoms with van der Waals surface area (Å²) >= 11 is 0. The normalized spacial score (nSPS) is 10.7. The zero-order valence-corrected chi connectivity index (χ0v) is 27.4. The third kappa shape index (κ3) is 11.2. The Morgan fingerprint density at radius 2 is 1.58 bits per heavy atom. The van der Waals surface area contributed by atoms with Gasteiger partial charge in [0.05, 0.1) is 25.0 Å². The summed E-state index contributed by atoms with van der Waals surface area (Å²) in [7, 11) is 3.52. The van der Waals surface area contributed by atoms with Crippen LogP contribution in [0, 0.1) is 10.9 Å². The van der Waals surface area contributed by atoms with Gasteiger partial charge in [0, 0.05) is 36.0 Å². The fraction of sp³-hybridized carbons (Fsp3) is 0.375. The highest BCUT2D eigenvalue weighted by molar-refractivity contribution is 6.13. The van der Waals surface area contributed by atoms with Crippen LogP contribution in [0.1, 0.15) is 29.8 Å². The number of nitrogens with one attached hydrogen (secondary N) is 7. The van der Waals surface area contributed by atoms with Crippen molar-refractivity contribution in [3.05, 3.63) is 65.5 Å². The van der Waals surface area contributed by atoms with E-state index in [0.29, 0.717) is 36.5 Å². The summed E-state index contributed by atoms with van der Waals surface area (Å²) in [6, 6.07) is 15.5. The maximum atomic E-state index is 12.0. The lowest BCUT2D eigenvalue weighted by Gasteiger charge is -2.17. The van der Waals surface area contributed by atoms with Crippen LogP contribution in [0.5, 0.6) is 0 Å². The van der Waals surface area contributed by atoms with E-state index in [9.17, 15) is 14.4 Å². The van der Waals surface area contributed by atoms with Gasteiger partial charge < -0.3 is 42.6 Å². The number of H-pyrrole nitrogens is 1. The Morgan fingerprint density at radius 3 is 2.27 bits per heavy atom. The van der Waals surface area contributed by atoms with E-state index in [0.717, 1.165) is 53.6 Å². The molecule has 0 aliphatic heterocycles. The van der Waals surface area contributed by atoms with Crippen molar-refractivity contribution in [3.63, 3.8) is 0 Å². The molecule has 16 nitrogen and oxygen atoms in total. The molecule has 0 bridgehead atoms. The largest absolute Gasteiger partial charge is 0.369 e. The summed E-state index contributed by atoms with van der Waals surface area (Å²) in [6.45, 7) is 2.17. The van der Waals surface area contributed by atoms with Crippen molar-refractivity contribution in [3.8, 4) is 0 Å². The lowest BCUT2D eigenvalue weighted by atomic mass is 10.1. The predicted molar refractivity (Wildman–Crippen MR) is 186 cm³/mol.